The largest absolute Gasteiger partial charge is 0.573 e. The highest BCUT2D eigenvalue weighted by atomic mass is 19.4. The normalized spacial score (nSPS) is 20.7. The summed E-state index contributed by atoms with van der Waals surface area (Å²) in [7, 11) is 0. The third-order valence-electron chi connectivity index (χ3n) is 6.82. The minimum Gasteiger partial charge on any atom is -0.406 e. The number of hydrogen-bond acceptors (Lipinski definition) is 8. The number of ether oxygens (including phenoxy) is 1. The van der Waals surface area contributed by atoms with Crippen LogP contribution in [0.2, 0.25) is 0 Å². The number of nitriles is 1. The van der Waals surface area contributed by atoms with Crippen LogP contribution in [0.1, 0.15) is 42.6 Å². The molecule has 0 saturated carbocycles. The molecule has 4 heterocycles. The molecule has 2 aliphatic rings. The second kappa shape index (κ2) is 10.6. The minimum absolute atomic E-state index is 0.0739. The fourth-order valence-electron chi connectivity index (χ4n) is 4.96. The number of nitrogens with zero attached hydrogens (tertiary/aromatic N) is 7. The molecule has 2 aliphatic heterocycles. The quantitative estimate of drug-likeness (QED) is 0.491. The lowest BCUT2D eigenvalue weighted by Gasteiger charge is -2.40. The second-order valence-electron chi connectivity index (χ2n) is 9.37. The summed E-state index contributed by atoms with van der Waals surface area (Å²) in [5, 5.41) is 13.2. The Bertz CT molecular complexity index is 1300. The van der Waals surface area contributed by atoms with E-state index in [0.717, 1.165) is 0 Å². The Morgan fingerprint density at radius 1 is 1.13 bits per heavy atom. The molecule has 198 valence electrons. The molecule has 2 fully saturated rings. The SMILES string of the molecule is N#CC1CCN(C(=O)N2CC(c3cccc(OC(F)(F)F)c3)CC(c3nc(-c4cnccn4)no3)C2)CC1. The Morgan fingerprint density at radius 2 is 1.92 bits per heavy atom. The second-order valence-corrected chi connectivity index (χ2v) is 9.37. The highest BCUT2D eigenvalue weighted by Gasteiger charge is 2.38. The van der Waals surface area contributed by atoms with E-state index in [9.17, 15) is 23.2 Å². The molecule has 0 bridgehead atoms. The van der Waals surface area contributed by atoms with Crippen molar-refractivity contribution >= 4 is 6.03 Å². The number of rotatable bonds is 4. The summed E-state index contributed by atoms with van der Waals surface area (Å²) in [5.41, 5.74) is 1.03. The van der Waals surface area contributed by atoms with Crippen LogP contribution in [-0.4, -0.2) is 68.5 Å². The Kier molecular flexibility index (Phi) is 7.13. The van der Waals surface area contributed by atoms with Gasteiger partial charge in [-0.05, 0) is 37.0 Å². The first-order valence-electron chi connectivity index (χ1n) is 12.2. The van der Waals surface area contributed by atoms with Crippen LogP contribution in [0.15, 0.2) is 47.4 Å². The monoisotopic (exact) mass is 527 g/mol. The van der Waals surface area contributed by atoms with Crippen molar-refractivity contribution in [2.75, 3.05) is 26.2 Å². The summed E-state index contributed by atoms with van der Waals surface area (Å²) in [6, 6.07) is 7.87. The lowest BCUT2D eigenvalue weighted by atomic mass is 9.84. The van der Waals surface area contributed by atoms with Crippen molar-refractivity contribution in [3.8, 4) is 23.3 Å². The van der Waals surface area contributed by atoms with Crippen LogP contribution in [0, 0.1) is 17.2 Å². The van der Waals surface area contributed by atoms with Gasteiger partial charge in [-0.15, -0.1) is 13.2 Å². The first-order chi connectivity index (χ1) is 18.3. The van der Waals surface area contributed by atoms with Crippen molar-refractivity contribution in [1.82, 2.24) is 29.9 Å². The summed E-state index contributed by atoms with van der Waals surface area (Å²) < 4.78 is 48.2. The molecule has 2 unspecified atom stereocenters. The van der Waals surface area contributed by atoms with Crippen LogP contribution in [0.4, 0.5) is 18.0 Å². The van der Waals surface area contributed by atoms with Crippen LogP contribution in [0.5, 0.6) is 5.75 Å². The van der Waals surface area contributed by atoms with E-state index < -0.39 is 6.36 Å². The summed E-state index contributed by atoms with van der Waals surface area (Å²) in [6.45, 7) is 1.53. The molecule has 38 heavy (non-hydrogen) atoms. The third-order valence-corrected chi connectivity index (χ3v) is 6.82. The van der Waals surface area contributed by atoms with Crippen molar-refractivity contribution in [2.45, 2.75) is 37.5 Å². The maximum absolute atomic E-state index is 13.5. The molecule has 5 rings (SSSR count). The zero-order chi connectivity index (χ0) is 26.7. The maximum atomic E-state index is 13.5. The van der Waals surface area contributed by atoms with Gasteiger partial charge in [0.2, 0.25) is 11.7 Å². The van der Waals surface area contributed by atoms with Crippen molar-refractivity contribution in [1.29, 1.82) is 5.26 Å². The van der Waals surface area contributed by atoms with Gasteiger partial charge in [0, 0.05) is 50.4 Å². The first-order valence-corrected chi connectivity index (χ1v) is 12.2. The molecule has 0 spiro atoms. The van der Waals surface area contributed by atoms with E-state index in [-0.39, 0.29) is 35.4 Å². The summed E-state index contributed by atoms with van der Waals surface area (Å²) >= 11 is 0. The standard InChI is InChI=1S/C25H24F3N7O3/c26-25(27,28)37-20-3-1-2-17(11-20)18-10-19(23-32-22(33-38-23)21-13-30-6-7-31-21)15-35(14-18)24(36)34-8-4-16(12-29)5-9-34/h1-3,6-7,11,13,16,18-19H,4-5,8-10,14-15H2. The van der Waals surface area contributed by atoms with Gasteiger partial charge in [-0.1, -0.05) is 17.3 Å². The van der Waals surface area contributed by atoms with E-state index in [0.29, 0.717) is 62.6 Å². The molecule has 0 N–H and O–H groups in total. The molecular formula is C25H24F3N7O3. The van der Waals surface area contributed by atoms with Gasteiger partial charge in [0.05, 0.1) is 18.2 Å². The van der Waals surface area contributed by atoms with Gasteiger partial charge in [0.15, 0.2) is 0 Å². The van der Waals surface area contributed by atoms with E-state index in [2.05, 4.69) is 30.9 Å². The van der Waals surface area contributed by atoms with Gasteiger partial charge in [-0.25, -0.2) is 9.78 Å². The predicted molar refractivity (Wildman–Crippen MR) is 125 cm³/mol. The van der Waals surface area contributed by atoms with E-state index >= 15 is 0 Å². The molecule has 2 saturated heterocycles. The molecule has 0 radical (unpaired) electrons. The molecule has 2 atom stereocenters. The molecular weight excluding hydrogens is 503 g/mol. The minimum atomic E-state index is -4.81. The van der Waals surface area contributed by atoms with Gasteiger partial charge in [-0.2, -0.15) is 10.2 Å². The van der Waals surface area contributed by atoms with Crippen molar-refractivity contribution in [3.05, 3.63) is 54.3 Å². The van der Waals surface area contributed by atoms with Crippen LogP contribution >= 0.6 is 0 Å². The Hall–Kier alpha value is -4.21. The number of benzene rings is 1. The van der Waals surface area contributed by atoms with Crippen molar-refractivity contribution in [3.63, 3.8) is 0 Å². The molecule has 1 aromatic carbocycles. The topological polar surface area (TPSA) is 121 Å². The Morgan fingerprint density at radius 3 is 2.63 bits per heavy atom. The summed E-state index contributed by atoms with van der Waals surface area (Å²) in [5.74, 6) is -0.504. The number of halogens is 3. The maximum Gasteiger partial charge on any atom is 0.573 e. The molecule has 2 amide bonds. The Balaban J connectivity index is 1.41. The van der Waals surface area contributed by atoms with Crippen molar-refractivity contribution < 1.29 is 27.2 Å². The molecule has 0 aliphatic carbocycles. The number of urea groups is 1. The number of hydrogen-bond donors (Lipinski definition) is 0. The smallest absolute Gasteiger partial charge is 0.406 e. The van der Waals surface area contributed by atoms with E-state index in [1.165, 1.54) is 36.8 Å². The number of likely N-dealkylation sites (tertiary alicyclic amines) is 2. The van der Waals surface area contributed by atoms with Gasteiger partial charge in [0.1, 0.15) is 11.4 Å². The van der Waals surface area contributed by atoms with Gasteiger partial charge in [0.25, 0.3) is 0 Å². The van der Waals surface area contributed by atoms with Gasteiger partial charge >= 0.3 is 12.4 Å². The molecule has 10 nitrogen and oxygen atoms in total. The van der Waals surface area contributed by atoms with Gasteiger partial charge < -0.3 is 19.1 Å². The van der Waals surface area contributed by atoms with E-state index in [1.807, 2.05) is 0 Å². The average Bonchev–Trinajstić information content (AvgIpc) is 3.43. The number of alkyl halides is 3. The van der Waals surface area contributed by atoms with Gasteiger partial charge in [-0.3, -0.25) is 4.98 Å². The van der Waals surface area contributed by atoms with Crippen LogP contribution in [0.3, 0.4) is 0 Å². The number of aromatic nitrogens is 4. The van der Waals surface area contributed by atoms with Crippen molar-refractivity contribution in [2.24, 2.45) is 5.92 Å². The first kappa shape index (κ1) is 25.4. The predicted octanol–water partition coefficient (Wildman–Crippen LogP) is 4.35. The average molecular weight is 528 g/mol. The molecule has 13 heteroatoms. The summed E-state index contributed by atoms with van der Waals surface area (Å²) in [6.07, 6.45) is 1.40. The fourth-order valence-corrected chi connectivity index (χ4v) is 4.96. The molecule has 2 aromatic heterocycles. The van der Waals surface area contributed by atoms with E-state index in [1.54, 1.807) is 15.9 Å². The third kappa shape index (κ3) is 5.85. The molecule has 3 aromatic rings. The van der Waals surface area contributed by atoms with E-state index in [4.69, 9.17) is 4.52 Å². The highest BCUT2D eigenvalue weighted by Crippen LogP contribution is 2.38. The Labute approximate surface area is 216 Å². The zero-order valence-electron chi connectivity index (χ0n) is 20.2. The lowest BCUT2D eigenvalue weighted by molar-refractivity contribution is -0.274. The zero-order valence-corrected chi connectivity index (χ0v) is 20.2. The summed E-state index contributed by atoms with van der Waals surface area (Å²) in [4.78, 5) is 29.6. The number of carbonyl (C=O) groups is 1. The highest BCUT2D eigenvalue weighted by molar-refractivity contribution is 5.75. The number of carbonyl (C=O) groups excluding carboxylic acids is 1. The van der Waals surface area contributed by atoms with Crippen LogP contribution in [-0.2, 0) is 0 Å². The van der Waals surface area contributed by atoms with Crippen LogP contribution in [0.25, 0.3) is 11.5 Å². The number of piperidine rings is 2. The van der Waals surface area contributed by atoms with Crippen LogP contribution < -0.4 is 4.74 Å². The number of amides is 2. The fraction of sp³-hybridized carbons (Fsp3) is 0.440. The lowest BCUT2D eigenvalue weighted by Crippen LogP contribution is -2.51.